The van der Waals surface area contributed by atoms with E-state index in [1.54, 1.807) is 13.8 Å². The second-order valence-corrected chi connectivity index (χ2v) is 7.15. The molecule has 1 aromatic carbocycles. The van der Waals surface area contributed by atoms with Gasteiger partial charge in [-0.05, 0) is 70.5 Å². The fraction of sp³-hybridized carbons (Fsp3) is 0.650. The molecule has 5 heteroatoms. The van der Waals surface area contributed by atoms with Crippen LogP contribution in [0.25, 0.3) is 0 Å². The molecule has 0 saturated carbocycles. The second-order valence-electron chi connectivity index (χ2n) is 7.15. The van der Waals surface area contributed by atoms with E-state index in [0.29, 0.717) is 0 Å². The number of benzene rings is 1. The summed E-state index contributed by atoms with van der Waals surface area (Å²) in [5.41, 5.74) is -0.102. The van der Waals surface area contributed by atoms with Crippen molar-refractivity contribution < 1.29 is 14.3 Å². The maximum atomic E-state index is 12.1. The van der Waals surface area contributed by atoms with Crippen LogP contribution in [0.1, 0.15) is 46.0 Å². The van der Waals surface area contributed by atoms with Gasteiger partial charge in [-0.1, -0.05) is 12.8 Å². The molecule has 1 heterocycles. The molecule has 0 aliphatic carbocycles. The topological polar surface area (TPSA) is 50.8 Å². The van der Waals surface area contributed by atoms with Crippen LogP contribution in [0.3, 0.4) is 0 Å². The number of rotatable bonds is 8. The molecule has 25 heavy (non-hydrogen) atoms. The third kappa shape index (κ3) is 6.67. The number of carbonyl (C=O) groups is 1. The smallest absolute Gasteiger partial charge is 0.256 e. The Morgan fingerprint density at radius 1 is 1.12 bits per heavy atom. The largest absolute Gasteiger partial charge is 0.494 e. The van der Waals surface area contributed by atoms with E-state index in [1.165, 1.54) is 45.9 Å². The monoisotopic (exact) mass is 348 g/mol. The standard InChI is InChI=1S/C20H32N2O3/c1-20(2,24-3)19(23)21-17-9-11-18(12-10-17)25-16-8-15-22-13-6-4-5-7-14-22/h9-12H,4-8,13-16H2,1-3H3,(H,21,23). The Morgan fingerprint density at radius 3 is 2.36 bits per heavy atom. The number of hydrogen-bond donors (Lipinski definition) is 1. The van der Waals surface area contributed by atoms with Crippen molar-refractivity contribution in [1.82, 2.24) is 4.90 Å². The van der Waals surface area contributed by atoms with Crippen LogP contribution >= 0.6 is 0 Å². The van der Waals surface area contributed by atoms with E-state index in [4.69, 9.17) is 9.47 Å². The van der Waals surface area contributed by atoms with Crippen LogP contribution in [0.5, 0.6) is 5.75 Å². The first-order valence-electron chi connectivity index (χ1n) is 9.33. The Balaban J connectivity index is 1.70. The van der Waals surface area contributed by atoms with Crippen molar-refractivity contribution in [3.8, 4) is 5.75 Å². The van der Waals surface area contributed by atoms with E-state index in [0.717, 1.165) is 31.0 Å². The van der Waals surface area contributed by atoms with Crippen LogP contribution < -0.4 is 10.1 Å². The molecule has 1 aliphatic rings. The van der Waals surface area contributed by atoms with Gasteiger partial charge >= 0.3 is 0 Å². The molecule has 1 fully saturated rings. The van der Waals surface area contributed by atoms with Crippen molar-refractivity contribution in [3.05, 3.63) is 24.3 Å². The third-order valence-corrected chi connectivity index (χ3v) is 4.76. The second kappa shape index (κ2) is 9.78. The lowest BCUT2D eigenvalue weighted by molar-refractivity contribution is -0.133. The van der Waals surface area contributed by atoms with Crippen molar-refractivity contribution in [2.75, 3.05) is 38.7 Å². The number of nitrogens with one attached hydrogen (secondary N) is 1. The highest BCUT2D eigenvalue weighted by molar-refractivity contribution is 5.96. The van der Waals surface area contributed by atoms with Gasteiger partial charge in [0.1, 0.15) is 11.4 Å². The molecule has 1 amide bonds. The summed E-state index contributed by atoms with van der Waals surface area (Å²) < 4.78 is 11.0. The number of nitrogens with zero attached hydrogens (tertiary/aromatic N) is 1. The van der Waals surface area contributed by atoms with Crippen LogP contribution in [-0.2, 0) is 9.53 Å². The predicted molar refractivity (Wildman–Crippen MR) is 101 cm³/mol. The van der Waals surface area contributed by atoms with Gasteiger partial charge in [-0.3, -0.25) is 4.79 Å². The SMILES string of the molecule is COC(C)(C)C(=O)Nc1ccc(OCCCN2CCCCCC2)cc1. The lowest BCUT2D eigenvalue weighted by atomic mass is 10.1. The van der Waals surface area contributed by atoms with Crippen molar-refractivity contribution in [1.29, 1.82) is 0 Å². The molecule has 1 N–H and O–H groups in total. The molecule has 0 unspecified atom stereocenters. The van der Waals surface area contributed by atoms with Gasteiger partial charge in [0.25, 0.3) is 5.91 Å². The van der Waals surface area contributed by atoms with Gasteiger partial charge in [-0.2, -0.15) is 0 Å². The average Bonchev–Trinajstić information content (AvgIpc) is 2.89. The molecule has 0 atom stereocenters. The van der Waals surface area contributed by atoms with E-state index >= 15 is 0 Å². The molecule has 1 saturated heterocycles. The van der Waals surface area contributed by atoms with Crippen LogP contribution in [0.4, 0.5) is 5.69 Å². The van der Waals surface area contributed by atoms with Crippen LogP contribution in [0, 0.1) is 0 Å². The van der Waals surface area contributed by atoms with E-state index < -0.39 is 5.60 Å². The highest BCUT2D eigenvalue weighted by Crippen LogP contribution is 2.18. The molecule has 140 valence electrons. The fourth-order valence-corrected chi connectivity index (χ4v) is 2.85. The van der Waals surface area contributed by atoms with Gasteiger partial charge in [-0.25, -0.2) is 0 Å². The predicted octanol–water partition coefficient (Wildman–Crippen LogP) is 3.70. The van der Waals surface area contributed by atoms with Gasteiger partial charge < -0.3 is 19.7 Å². The number of methoxy groups -OCH3 is 1. The van der Waals surface area contributed by atoms with Gasteiger partial charge in [0, 0.05) is 19.3 Å². The maximum absolute atomic E-state index is 12.1. The number of carbonyl (C=O) groups excluding carboxylic acids is 1. The molecule has 1 aromatic rings. The lowest BCUT2D eigenvalue weighted by Crippen LogP contribution is -2.38. The first-order chi connectivity index (χ1) is 12.0. The van der Waals surface area contributed by atoms with E-state index in [2.05, 4.69) is 10.2 Å². The first-order valence-corrected chi connectivity index (χ1v) is 9.33. The average molecular weight is 348 g/mol. The zero-order valence-corrected chi connectivity index (χ0v) is 15.8. The van der Waals surface area contributed by atoms with Crippen molar-refractivity contribution in [2.45, 2.75) is 51.6 Å². The molecular formula is C20H32N2O3. The number of likely N-dealkylation sites (tertiary alicyclic amines) is 1. The third-order valence-electron chi connectivity index (χ3n) is 4.76. The molecule has 5 nitrogen and oxygen atoms in total. The van der Waals surface area contributed by atoms with E-state index in [1.807, 2.05) is 24.3 Å². The first kappa shape index (κ1) is 19.7. The van der Waals surface area contributed by atoms with Crippen molar-refractivity contribution >= 4 is 11.6 Å². The quantitative estimate of drug-likeness (QED) is 0.728. The highest BCUT2D eigenvalue weighted by atomic mass is 16.5. The molecule has 0 spiro atoms. The minimum absolute atomic E-state index is 0.166. The van der Waals surface area contributed by atoms with Gasteiger partial charge in [-0.15, -0.1) is 0 Å². The Kier molecular flexibility index (Phi) is 7.72. The highest BCUT2D eigenvalue weighted by Gasteiger charge is 2.26. The van der Waals surface area contributed by atoms with E-state index in [-0.39, 0.29) is 5.91 Å². The minimum atomic E-state index is -0.845. The molecule has 1 aliphatic heterocycles. The molecule has 0 radical (unpaired) electrons. The summed E-state index contributed by atoms with van der Waals surface area (Å²) in [5, 5.41) is 2.85. The normalized spacial score (nSPS) is 16.3. The molecule has 0 aromatic heterocycles. The number of ether oxygens (including phenoxy) is 2. The summed E-state index contributed by atoms with van der Waals surface area (Å²) in [5.74, 6) is 0.668. The summed E-state index contributed by atoms with van der Waals surface area (Å²) in [6.45, 7) is 7.77. The minimum Gasteiger partial charge on any atom is -0.494 e. The summed E-state index contributed by atoms with van der Waals surface area (Å²) in [6.07, 6.45) is 6.44. The van der Waals surface area contributed by atoms with Crippen LogP contribution in [0.2, 0.25) is 0 Å². The summed E-state index contributed by atoms with van der Waals surface area (Å²) >= 11 is 0. The summed E-state index contributed by atoms with van der Waals surface area (Å²) in [7, 11) is 1.53. The van der Waals surface area contributed by atoms with E-state index in [9.17, 15) is 4.79 Å². The number of anilines is 1. The molecule has 0 bridgehead atoms. The lowest BCUT2D eigenvalue weighted by Gasteiger charge is -2.21. The maximum Gasteiger partial charge on any atom is 0.256 e. The molecule has 2 rings (SSSR count). The van der Waals surface area contributed by atoms with Crippen LogP contribution in [0.15, 0.2) is 24.3 Å². The Bertz CT molecular complexity index is 520. The van der Waals surface area contributed by atoms with Crippen molar-refractivity contribution in [3.63, 3.8) is 0 Å². The summed E-state index contributed by atoms with van der Waals surface area (Å²) in [4.78, 5) is 14.6. The Morgan fingerprint density at radius 2 is 1.76 bits per heavy atom. The zero-order chi connectivity index (χ0) is 18.1. The Labute approximate surface area is 151 Å². The van der Waals surface area contributed by atoms with Gasteiger partial charge in [0.2, 0.25) is 0 Å². The van der Waals surface area contributed by atoms with Crippen LogP contribution in [-0.4, -0.2) is 49.8 Å². The fourth-order valence-electron chi connectivity index (χ4n) is 2.85. The number of amides is 1. The summed E-state index contributed by atoms with van der Waals surface area (Å²) in [6, 6.07) is 7.49. The zero-order valence-electron chi connectivity index (χ0n) is 15.8. The van der Waals surface area contributed by atoms with Gasteiger partial charge in [0.05, 0.1) is 6.61 Å². The Hall–Kier alpha value is -1.59. The number of hydrogen-bond acceptors (Lipinski definition) is 4. The van der Waals surface area contributed by atoms with Gasteiger partial charge in [0.15, 0.2) is 0 Å². The van der Waals surface area contributed by atoms with Crippen molar-refractivity contribution in [2.24, 2.45) is 0 Å². The molecular weight excluding hydrogens is 316 g/mol.